The van der Waals surface area contributed by atoms with E-state index in [1.54, 1.807) is 0 Å². The van der Waals surface area contributed by atoms with Gasteiger partial charge >= 0.3 is 12.0 Å². The second-order valence-electron chi connectivity index (χ2n) is 5.60. The molecule has 1 aliphatic heterocycles. The first kappa shape index (κ1) is 17.4. The van der Waals surface area contributed by atoms with Gasteiger partial charge in [0.2, 0.25) is 5.91 Å². The molecule has 1 heterocycles. The maximum atomic E-state index is 13.0. The molecule has 24 heavy (non-hydrogen) atoms. The lowest BCUT2D eigenvalue weighted by atomic mass is 9.92. The summed E-state index contributed by atoms with van der Waals surface area (Å²) in [5, 5.41) is 11.1. The van der Waals surface area contributed by atoms with Crippen molar-refractivity contribution in [2.75, 3.05) is 20.1 Å². The van der Waals surface area contributed by atoms with Gasteiger partial charge in [-0.1, -0.05) is 12.1 Å². The maximum absolute atomic E-state index is 13.0. The molecule has 1 aromatic carbocycles. The van der Waals surface area contributed by atoms with Crippen molar-refractivity contribution in [3.63, 3.8) is 0 Å². The number of carboxylic acid groups (broad SMARTS) is 1. The summed E-state index contributed by atoms with van der Waals surface area (Å²) in [5.41, 5.74) is -1.05. The highest BCUT2D eigenvalue weighted by Gasteiger charge is 2.49. The van der Waals surface area contributed by atoms with Crippen LogP contribution in [0.15, 0.2) is 24.3 Å². The van der Waals surface area contributed by atoms with Crippen LogP contribution in [0.2, 0.25) is 0 Å². The van der Waals surface area contributed by atoms with Crippen LogP contribution < -0.4 is 5.32 Å². The summed E-state index contributed by atoms with van der Waals surface area (Å²) >= 11 is 0. The molecule has 0 saturated carbocycles. The van der Waals surface area contributed by atoms with Gasteiger partial charge in [0.1, 0.15) is 24.4 Å². The zero-order valence-corrected chi connectivity index (χ0v) is 13.1. The van der Waals surface area contributed by atoms with Crippen LogP contribution >= 0.6 is 0 Å². The zero-order chi connectivity index (χ0) is 18.1. The lowest BCUT2D eigenvalue weighted by Crippen LogP contribution is -2.44. The Morgan fingerprint density at radius 2 is 1.88 bits per heavy atom. The number of nitrogens with one attached hydrogen (secondary N) is 1. The van der Waals surface area contributed by atoms with Crippen LogP contribution in [0.25, 0.3) is 0 Å². The van der Waals surface area contributed by atoms with E-state index in [1.807, 2.05) is 0 Å². The van der Waals surface area contributed by atoms with Gasteiger partial charge in [0.05, 0.1) is 0 Å². The molecule has 2 N–H and O–H groups in total. The highest BCUT2D eigenvalue weighted by molar-refractivity contribution is 6.09. The molecule has 0 aliphatic carbocycles. The number of rotatable bonds is 5. The Morgan fingerprint density at radius 3 is 2.42 bits per heavy atom. The molecule has 2 rings (SSSR count). The molecule has 0 aromatic heterocycles. The Balaban J connectivity index is 2.18. The number of hydrogen-bond acceptors (Lipinski definition) is 4. The Bertz CT molecular complexity index is 706. The first-order valence-electron chi connectivity index (χ1n) is 7.01. The third-order valence-electron chi connectivity index (χ3n) is 3.79. The van der Waals surface area contributed by atoms with Crippen LogP contribution in [-0.4, -0.2) is 58.9 Å². The summed E-state index contributed by atoms with van der Waals surface area (Å²) in [6.07, 6.45) is 0. The number of likely N-dealkylation sites (N-methyl/N-ethyl adjacent to an activating group) is 1. The minimum atomic E-state index is -1.42. The lowest BCUT2D eigenvalue weighted by Gasteiger charge is -2.23. The molecule has 9 heteroatoms. The number of amides is 4. The number of benzene rings is 1. The number of carbonyl (C=O) groups is 4. The highest BCUT2D eigenvalue weighted by Crippen LogP contribution is 2.28. The molecule has 1 aromatic rings. The van der Waals surface area contributed by atoms with Gasteiger partial charge in [0, 0.05) is 7.05 Å². The van der Waals surface area contributed by atoms with Crippen LogP contribution in [0.3, 0.4) is 0 Å². The third kappa shape index (κ3) is 3.19. The predicted molar refractivity (Wildman–Crippen MR) is 79.3 cm³/mol. The second-order valence-corrected chi connectivity index (χ2v) is 5.60. The van der Waals surface area contributed by atoms with Gasteiger partial charge in [-0.15, -0.1) is 0 Å². The maximum Gasteiger partial charge on any atom is 0.325 e. The normalized spacial score (nSPS) is 20.0. The highest BCUT2D eigenvalue weighted by atomic mass is 19.1. The Kier molecular flexibility index (Phi) is 4.54. The van der Waals surface area contributed by atoms with Crippen LogP contribution in [-0.2, 0) is 19.9 Å². The number of urea groups is 1. The number of imide groups is 1. The zero-order valence-electron chi connectivity index (χ0n) is 13.1. The molecule has 1 saturated heterocycles. The number of halogens is 1. The smallest absolute Gasteiger partial charge is 0.325 e. The summed E-state index contributed by atoms with van der Waals surface area (Å²) in [6, 6.07) is 4.29. The minimum absolute atomic E-state index is 0.371. The number of nitrogens with zero attached hydrogens (tertiary/aromatic N) is 2. The first-order chi connectivity index (χ1) is 11.1. The van der Waals surface area contributed by atoms with Crippen molar-refractivity contribution in [2.24, 2.45) is 0 Å². The minimum Gasteiger partial charge on any atom is -0.480 e. The van der Waals surface area contributed by atoms with Crippen molar-refractivity contribution < 1.29 is 28.7 Å². The molecule has 0 radical (unpaired) electrons. The van der Waals surface area contributed by atoms with E-state index in [1.165, 1.54) is 26.1 Å². The molecule has 1 fully saturated rings. The molecule has 1 atom stereocenters. The van der Waals surface area contributed by atoms with E-state index < -0.39 is 48.3 Å². The Labute approximate surface area is 136 Å². The molecule has 4 amide bonds. The van der Waals surface area contributed by atoms with E-state index in [0.717, 1.165) is 17.0 Å². The molecule has 0 spiro atoms. The van der Waals surface area contributed by atoms with Gasteiger partial charge in [0.25, 0.3) is 5.91 Å². The lowest BCUT2D eigenvalue weighted by molar-refractivity contribution is -0.144. The van der Waals surface area contributed by atoms with Gasteiger partial charge in [-0.2, -0.15) is 0 Å². The van der Waals surface area contributed by atoms with Crippen molar-refractivity contribution in [3.05, 3.63) is 35.6 Å². The topological polar surface area (TPSA) is 107 Å². The van der Waals surface area contributed by atoms with Crippen molar-refractivity contribution >= 4 is 23.8 Å². The molecule has 0 unspecified atom stereocenters. The SMILES string of the molecule is CN(CC(=O)O)C(=O)CN1C(=O)N[C@@](C)(c2ccc(F)cc2)C1=O. The number of hydrogen-bond donors (Lipinski definition) is 2. The van der Waals surface area contributed by atoms with Crippen LogP contribution in [0.4, 0.5) is 9.18 Å². The fraction of sp³-hybridized carbons (Fsp3) is 0.333. The van der Waals surface area contributed by atoms with Gasteiger partial charge in [0.15, 0.2) is 0 Å². The fourth-order valence-electron chi connectivity index (χ4n) is 2.37. The van der Waals surface area contributed by atoms with E-state index in [0.29, 0.717) is 10.5 Å². The summed E-state index contributed by atoms with van der Waals surface area (Å²) in [4.78, 5) is 48.8. The Morgan fingerprint density at radius 1 is 1.29 bits per heavy atom. The standard InChI is InChI=1S/C15H16FN3O5/c1-15(9-3-5-10(16)6-4-9)13(23)19(14(24)17-15)7-11(20)18(2)8-12(21)22/h3-6H,7-8H2,1-2H3,(H,17,24)(H,21,22)/t15-/m0/s1. The average molecular weight is 337 g/mol. The van der Waals surface area contributed by atoms with Gasteiger partial charge < -0.3 is 15.3 Å². The molecular weight excluding hydrogens is 321 g/mol. The van der Waals surface area contributed by atoms with E-state index >= 15 is 0 Å². The Hall–Kier alpha value is -2.97. The predicted octanol–water partition coefficient (Wildman–Crippen LogP) is 0.136. The first-order valence-corrected chi connectivity index (χ1v) is 7.01. The van der Waals surface area contributed by atoms with Gasteiger partial charge in [-0.05, 0) is 24.6 Å². The molecule has 128 valence electrons. The summed E-state index contributed by atoms with van der Waals surface area (Å²) < 4.78 is 13.0. The largest absolute Gasteiger partial charge is 0.480 e. The van der Waals surface area contributed by atoms with E-state index in [2.05, 4.69) is 5.32 Å². The second kappa shape index (κ2) is 6.26. The van der Waals surface area contributed by atoms with Crippen molar-refractivity contribution in [3.8, 4) is 0 Å². The van der Waals surface area contributed by atoms with Crippen molar-refractivity contribution in [1.82, 2.24) is 15.1 Å². The monoisotopic (exact) mass is 337 g/mol. The summed E-state index contributed by atoms with van der Waals surface area (Å²) in [6.45, 7) is 0.328. The van der Waals surface area contributed by atoms with E-state index in [9.17, 15) is 23.6 Å². The molecule has 8 nitrogen and oxygen atoms in total. The molecule has 1 aliphatic rings. The summed E-state index contributed by atoms with van der Waals surface area (Å²) in [5.74, 6) is -3.05. The average Bonchev–Trinajstić information content (AvgIpc) is 2.71. The van der Waals surface area contributed by atoms with E-state index in [4.69, 9.17) is 5.11 Å². The number of carbonyl (C=O) groups excluding carboxylic acids is 3. The molecule has 0 bridgehead atoms. The van der Waals surface area contributed by atoms with Crippen LogP contribution in [0.1, 0.15) is 12.5 Å². The van der Waals surface area contributed by atoms with Crippen molar-refractivity contribution in [1.29, 1.82) is 0 Å². The quantitative estimate of drug-likeness (QED) is 0.743. The number of aliphatic carboxylic acids is 1. The van der Waals surface area contributed by atoms with E-state index in [-0.39, 0.29) is 0 Å². The van der Waals surface area contributed by atoms with Crippen LogP contribution in [0, 0.1) is 5.82 Å². The third-order valence-corrected chi connectivity index (χ3v) is 3.79. The summed E-state index contributed by atoms with van der Waals surface area (Å²) in [7, 11) is 1.26. The van der Waals surface area contributed by atoms with Gasteiger partial charge in [-0.3, -0.25) is 19.3 Å². The molecular formula is C15H16FN3O5. The fourth-order valence-corrected chi connectivity index (χ4v) is 2.37. The van der Waals surface area contributed by atoms with Crippen molar-refractivity contribution in [2.45, 2.75) is 12.5 Å². The number of carboxylic acids is 1. The van der Waals surface area contributed by atoms with Crippen LogP contribution in [0.5, 0.6) is 0 Å². The van der Waals surface area contributed by atoms with Gasteiger partial charge in [-0.25, -0.2) is 9.18 Å².